The van der Waals surface area contributed by atoms with Crippen LogP contribution in [-0.4, -0.2) is 47.8 Å². The molecule has 0 unspecified atom stereocenters. The maximum atomic E-state index is 13.2. The average molecular weight is 474 g/mol. The van der Waals surface area contributed by atoms with Gasteiger partial charge >= 0.3 is 0 Å². The Balaban J connectivity index is 1.49. The van der Waals surface area contributed by atoms with Crippen LogP contribution < -0.4 is 10.6 Å². The van der Waals surface area contributed by atoms with Gasteiger partial charge in [-0.1, -0.05) is 45.4 Å². The topological polar surface area (TPSA) is 78.5 Å². The summed E-state index contributed by atoms with van der Waals surface area (Å²) in [6.45, 7) is 3.40. The minimum Gasteiger partial charge on any atom is -0.351 e. The van der Waals surface area contributed by atoms with Crippen molar-refractivity contribution < 1.29 is 18.8 Å². The molecule has 1 saturated carbocycles. The highest BCUT2D eigenvalue weighted by Gasteiger charge is 2.33. The molecule has 7 heteroatoms. The van der Waals surface area contributed by atoms with E-state index in [1.165, 1.54) is 43.5 Å². The van der Waals surface area contributed by atoms with Gasteiger partial charge in [0, 0.05) is 37.2 Å². The van der Waals surface area contributed by atoms with Crippen molar-refractivity contribution in [2.45, 2.75) is 96.1 Å². The standard InChI is InChI=1S/C27H40FN3O3/c1-2-3-4-5-6-13-25(32)31-18-9-10-21(19-31)27(34)30-24-12-8-7-11-23(24)29-26(33)20-14-16-22(28)17-15-20/h14-17,21,23-24H,2-13,18-19H2,1H3,(H,29,33)(H,30,34)/t21-,23-,24-/m1/s1. The van der Waals surface area contributed by atoms with Crippen LogP contribution in [0, 0.1) is 11.7 Å². The van der Waals surface area contributed by atoms with E-state index < -0.39 is 0 Å². The summed E-state index contributed by atoms with van der Waals surface area (Å²) in [6.07, 6.45) is 11.4. The number of hydrogen-bond acceptors (Lipinski definition) is 3. The van der Waals surface area contributed by atoms with Gasteiger partial charge in [-0.15, -0.1) is 0 Å². The van der Waals surface area contributed by atoms with Crippen LogP contribution in [0.25, 0.3) is 0 Å². The molecule has 2 N–H and O–H groups in total. The molecule has 1 aliphatic heterocycles. The summed E-state index contributed by atoms with van der Waals surface area (Å²) in [5.41, 5.74) is 0.410. The summed E-state index contributed by atoms with van der Waals surface area (Å²) in [5, 5.41) is 6.22. The lowest BCUT2D eigenvalue weighted by Crippen LogP contribution is -2.55. The highest BCUT2D eigenvalue weighted by molar-refractivity contribution is 5.94. The maximum Gasteiger partial charge on any atom is 0.251 e. The molecular weight excluding hydrogens is 433 g/mol. The molecule has 188 valence electrons. The molecule has 1 saturated heterocycles. The molecule has 2 fully saturated rings. The van der Waals surface area contributed by atoms with Crippen molar-refractivity contribution in [3.05, 3.63) is 35.6 Å². The smallest absolute Gasteiger partial charge is 0.251 e. The molecule has 1 heterocycles. The summed E-state index contributed by atoms with van der Waals surface area (Å²) in [5.74, 6) is -0.687. The Kier molecular flexibility index (Phi) is 10.4. The van der Waals surface area contributed by atoms with E-state index in [1.54, 1.807) is 0 Å². The normalized spacial score (nSPS) is 22.8. The molecule has 0 spiro atoms. The third-order valence-electron chi connectivity index (χ3n) is 7.16. The van der Waals surface area contributed by atoms with Crippen LogP contribution in [0.3, 0.4) is 0 Å². The Morgan fingerprint density at radius 3 is 2.29 bits per heavy atom. The molecule has 0 bridgehead atoms. The fourth-order valence-corrected chi connectivity index (χ4v) is 5.09. The second-order valence-corrected chi connectivity index (χ2v) is 9.83. The van der Waals surface area contributed by atoms with E-state index in [0.29, 0.717) is 18.5 Å². The van der Waals surface area contributed by atoms with Gasteiger partial charge in [0.1, 0.15) is 5.82 Å². The first-order chi connectivity index (χ1) is 16.5. The van der Waals surface area contributed by atoms with E-state index in [0.717, 1.165) is 57.9 Å². The van der Waals surface area contributed by atoms with Gasteiger partial charge in [-0.2, -0.15) is 0 Å². The number of nitrogens with zero attached hydrogens (tertiary/aromatic N) is 1. The molecule has 1 aliphatic carbocycles. The molecule has 0 aromatic heterocycles. The van der Waals surface area contributed by atoms with E-state index in [4.69, 9.17) is 0 Å². The Hall–Kier alpha value is -2.44. The van der Waals surface area contributed by atoms with Crippen LogP contribution in [0.4, 0.5) is 4.39 Å². The Morgan fingerprint density at radius 2 is 1.59 bits per heavy atom. The van der Waals surface area contributed by atoms with Gasteiger partial charge in [0.2, 0.25) is 11.8 Å². The summed E-state index contributed by atoms with van der Waals surface area (Å²) in [7, 11) is 0. The first-order valence-electron chi connectivity index (χ1n) is 13.1. The number of hydrogen-bond donors (Lipinski definition) is 2. The molecule has 6 nitrogen and oxygen atoms in total. The number of carbonyl (C=O) groups excluding carboxylic acids is 3. The van der Waals surface area contributed by atoms with Crippen LogP contribution >= 0.6 is 0 Å². The van der Waals surface area contributed by atoms with Gasteiger partial charge in [-0.3, -0.25) is 14.4 Å². The Morgan fingerprint density at radius 1 is 0.912 bits per heavy atom. The van der Waals surface area contributed by atoms with Crippen LogP contribution in [0.15, 0.2) is 24.3 Å². The minimum absolute atomic E-state index is 0.0200. The number of benzene rings is 1. The van der Waals surface area contributed by atoms with E-state index in [9.17, 15) is 18.8 Å². The average Bonchev–Trinajstić information content (AvgIpc) is 2.85. The number of carbonyl (C=O) groups is 3. The molecule has 3 rings (SSSR count). The first-order valence-corrected chi connectivity index (χ1v) is 13.1. The quantitative estimate of drug-likeness (QED) is 0.488. The van der Waals surface area contributed by atoms with Crippen molar-refractivity contribution in [1.82, 2.24) is 15.5 Å². The Labute approximate surface area is 203 Å². The molecule has 0 radical (unpaired) electrons. The summed E-state index contributed by atoms with van der Waals surface area (Å²) < 4.78 is 13.2. The third kappa shape index (κ3) is 7.81. The van der Waals surface area contributed by atoms with Gasteiger partial charge in [0.15, 0.2) is 0 Å². The number of unbranched alkanes of at least 4 members (excludes halogenated alkanes) is 4. The first kappa shape index (κ1) is 26.2. The molecule has 3 atom stereocenters. The predicted octanol–water partition coefficient (Wildman–Crippen LogP) is 4.58. The fraction of sp³-hybridized carbons (Fsp3) is 0.667. The Bertz CT molecular complexity index is 814. The summed E-state index contributed by atoms with van der Waals surface area (Å²) in [4.78, 5) is 40.2. The fourth-order valence-electron chi connectivity index (χ4n) is 5.09. The van der Waals surface area contributed by atoms with Gasteiger partial charge in [-0.05, 0) is 56.4 Å². The zero-order valence-electron chi connectivity index (χ0n) is 20.5. The molecule has 34 heavy (non-hydrogen) atoms. The second-order valence-electron chi connectivity index (χ2n) is 9.83. The maximum absolute atomic E-state index is 13.2. The number of nitrogens with one attached hydrogen (secondary N) is 2. The van der Waals surface area contributed by atoms with Crippen LogP contribution in [-0.2, 0) is 9.59 Å². The molecule has 1 aromatic rings. The van der Waals surface area contributed by atoms with Crippen molar-refractivity contribution in [2.75, 3.05) is 13.1 Å². The van der Waals surface area contributed by atoms with Crippen molar-refractivity contribution in [2.24, 2.45) is 5.92 Å². The van der Waals surface area contributed by atoms with E-state index in [1.807, 2.05) is 4.90 Å². The van der Waals surface area contributed by atoms with Gasteiger partial charge in [0.25, 0.3) is 5.91 Å². The summed E-state index contributed by atoms with van der Waals surface area (Å²) >= 11 is 0. The number of rotatable bonds is 10. The number of amides is 3. The lowest BCUT2D eigenvalue weighted by Gasteiger charge is -2.36. The molecule has 3 amide bonds. The monoisotopic (exact) mass is 473 g/mol. The second kappa shape index (κ2) is 13.4. The van der Waals surface area contributed by atoms with Gasteiger partial charge in [-0.25, -0.2) is 4.39 Å². The minimum atomic E-state index is -0.379. The van der Waals surface area contributed by atoms with E-state index in [2.05, 4.69) is 17.6 Å². The molecule has 1 aromatic carbocycles. The predicted molar refractivity (Wildman–Crippen MR) is 131 cm³/mol. The number of likely N-dealkylation sites (tertiary alicyclic amines) is 1. The van der Waals surface area contributed by atoms with Gasteiger partial charge < -0.3 is 15.5 Å². The lowest BCUT2D eigenvalue weighted by molar-refractivity contribution is -0.136. The molecule has 2 aliphatic rings. The van der Waals surface area contributed by atoms with Crippen molar-refractivity contribution in [3.8, 4) is 0 Å². The highest BCUT2D eigenvalue weighted by Crippen LogP contribution is 2.22. The van der Waals surface area contributed by atoms with E-state index >= 15 is 0 Å². The van der Waals surface area contributed by atoms with E-state index in [-0.39, 0.29) is 41.5 Å². The molecular formula is C27H40FN3O3. The van der Waals surface area contributed by atoms with Crippen LogP contribution in [0.5, 0.6) is 0 Å². The lowest BCUT2D eigenvalue weighted by atomic mass is 9.88. The van der Waals surface area contributed by atoms with Crippen LogP contribution in [0.2, 0.25) is 0 Å². The number of halogens is 1. The zero-order valence-corrected chi connectivity index (χ0v) is 20.5. The number of piperidine rings is 1. The summed E-state index contributed by atoms with van der Waals surface area (Å²) in [6, 6.07) is 5.21. The van der Waals surface area contributed by atoms with Gasteiger partial charge in [0.05, 0.1) is 5.92 Å². The van der Waals surface area contributed by atoms with Crippen molar-refractivity contribution in [1.29, 1.82) is 0 Å². The van der Waals surface area contributed by atoms with Crippen molar-refractivity contribution >= 4 is 17.7 Å². The van der Waals surface area contributed by atoms with Crippen LogP contribution in [0.1, 0.15) is 94.3 Å². The third-order valence-corrected chi connectivity index (χ3v) is 7.16. The zero-order chi connectivity index (χ0) is 24.3. The largest absolute Gasteiger partial charge is 0.351 e. The highest BCUT2D eigenvalue weighted by atomic mass is 19.1. The SMILES string of the molecule is CCCCCCCC(=O)N1CCC[C@@H](C(=O)N[C@@H]2CCCC[C@H]2NC(=O)c2ccc(F)cc2)C1. The van der Waals surface area contributed by atoms with Crippen molar-refractivity contribution in [3.63, 3.8) is 0 Å².